The number of ether oxygens (including phenoxy) is 1. The van der Waals surface area contributed by atoms with Gasteiger partial charge in [0.2, 0.25) is 5.91 Å². The van der Waals surface area contributed by atoms with E-state index in [1.807, 2.05) is 45.0 Å². The lowest BCUT2D eigenvalue weighted by molar-refractivity contribution is 0.0172. The van der Waals surface area contributed by atoms with Crippen molar-refractivity contribution in [3.05, 3.63) is 47.5 Å². The molecule has 1 fully saturated rings. The lowest BCUT2D eigenvalue weighted by atomic mass is 9.88. The van der Waals surface area contributed by atoms with Crippen molar-refractivity contribution in [3.8, 4) is 0 Å². The number of nitrogens with two attached hydrogens (primary N) is 1. The molecule has 1 heterocycles. The third kappa shape index (κ3) is 4.32. The molecule has 1 aliphatic rings. The molecule has 0 aromatic heterocycles. The van der Waals surface area contributed by atoms with Gasteiger partial charge in [0.1, 0.15) is 5.60 Å². The second kappa shape index (κ2) is 7.62. The summed E-state index contributed by atoms with van der Waals surface area (Å²) in [6, 6.07) is 10.7. The zero-order chi connectivity index (χ0) is 20.5. The second-order valence-corrected chi connectivity index (χ2v) is 8.24. The van der Waals surface area contributed by atoms with Crippen molar-refractivity contribution in [2.24, 2.45) is 11.7 Å². The summed E-state index contributed by atoms with van der Waals surface area (Å²) in [6.45, 7) is 6.34. The molecule has 2 aromatic rings. The Morgan fingerprint density at radius 1 is 1.14 bits per heavy atom. The minimum absolute atomic E-state index is 0.0819. The van der Waals surface area contributed by atoms with Gasteiger partial charge in [-0.1, -0.05) is 24.3 Å². The van der Waals surface area contributed by atoms with Gasteiger partial charge in [-0.3, -0.25) is 9.59 Å². The predicted molar refractivity (Wildman–Crippen MR) is 107 cm³/mol. The van der Waals surface area contributed by atoms with E-state index in [0.29, 0.717) is 30.6 Å². The SMILES string of the molecule is CC(C)(C)OC(=O)N1CCCC(C(=O)c2cc(C(N)=O)c3ccccc3c2)C1. The highest BCUT2D eigenvalue weighted by molar-refractivity contribution is 6.10. The van der Waals surface area contributed by atoms with Gasteiger partial charge in [-0.25, -0.2) is 4.79 Å². The van der Waals surface area contributed by atoms with Gasteiger partial charge in [-0.05, 0) is 56.5 Å². The maximum absolute atomic E-state index is 13.1. The summed E-state index contributed by atoms with van der Waals surface area (Å²) >= 11 is 0. The first-order valence-corrected chi connectivity index (χ1v) is 9.50. The van der Waals surface area contributed by atoms with E-state index in [1.165, 1.54) is 0 Å². The molecule has 0 saturated carbocycles. The topological polar surface area (TPSA) is 89.7 Å². The third-order valence-electron chi connectivity index (χ3n) is 4.86. The van der Waals surface area contributed by atoms with Crippen LogP contribution < -0.4 is 5.73 Å². The zero-order valence-electron chi connectivity index (χ0n) is 16.5. The van der Waals surface area contributed by atoms with Crippen LogP contribution in [0.4, 0.5) is 4.79 Å². The number of benzene rings is 2. The first kappa shape index (κ1) is 19.9. The molecule has 3 rings (SSSR count). The number of fused-ring (bicyclic) bond motifs is 1. The molecule has 0 spiro atoms. The highest BCUT2D eigenvalue weighted by Gasteiger charge is 2.31. The summed E-state index contributed by atoms with van der Waals surface area (Å²) in [7, 11) is 0. The summed E-state index contributed by atoms with van der Waals surface area (Å²) in [5.41, 5.74) is 5.73. The van der Waals surface area contributed by atoms with Gasteiger partial charge in [-0.2, -0.15) is 0 Å². The number of amides is 2. The Hall–Kier alpha value is -2.89. The van der Waals surface area contributed by atoms with Crippen LogP contribution in [0, 0.1) is 5.92 Å². The first-order valence-electron chi connectivity index (χ1n) is 9.50. The zero-order valence-corrected chi connectivity index (χ0v) is 16.5. The summed E-state index contributed by atoms with van der Waals surface area (Å²) in [5, 5.41) is 1.52. The molecule has 0 radical (unpaired) electrons. The van der Waals surface area contributed by atoms with Crippen LogP contribution in [0.3, 0.4) is 0 Å². The van der Waals surface area contributed by atoms with Crippen LogP contribution in [0.5, 0.6) is 0 Å². The number of piperidine rings is 1. The van der Waals surface area contributed by atoms with E-state index in [1.54, 1.807) is 17.0 Å². The summed E-state index contributed by atoms with van der Waals surface area (Å²) in [5.74, 6) is -0.977. The largest absolute Gasteiger partial charge is 0.444 e. The van der Waals surface area contributed by atoms with Crippen molar-refractivity contribution in [2.75, 3.05) is 13.1 Å². The number of ketones is 1. The van der Waals surface area contributed by atoms with Crippen LogP contribution in [-0.4, -0.2) is 41.4 Å². The molecule has 2 N–H and O–H groups in total. The highest BCUT2D eigenvalue weighted by atomic mass is 16.6. The quantitative estimate of drug-likeness (QED) is 0.818. The predicted octanol–water partition coefficient (Wildman–Crippen LogP) is 3.77. The number of primary amides is 1. The molecule has 1 unspecified atom stereocenters. The third-order valence-corrected chi connectivity index (χ3v) is 4.86. The van der Waals surface area contributed by atoms with Crippen LogP contribution in [0.1, 0.15) is 54.3 Å². The van der Waals surface area contributed by atoms with E-state index in [4.69, 9.17) is 10.5 Å². The summed E-state index contributed by atoms with van der Waals surface area (Å²) in [4.78, 5) is 39.0. The first-order chi connectivity index (χ1) is 13.2. The Balaban J connectivity index is 1.85. The molecule has 28 heavy (non-hydrogen) atoms. The van der Waals surface area contributed by atoms with E-state index < -0.39 is 17.6 Å². The van der Waals surface area contributed by atoms with Crippen LogP contribution in [0.15, 0.2) is 36.4 Å². The highest BCUT2D eigenvalue weighted by Crippen LogP contribution is 2.26. The smallest absolute Gasteiger partial charge is 0.410 e. The second-order valence-electron chi connectivity index (χ2n) is 8.24. The fraction of sp³-hybridized carbons (Fsp3) is 0.409. The number of carbonyl (C=O) groups excluding carboxylic acids is 3. The van der Waals surface area contributed by atoms with Crippen LogP contribution in [0.2, 0.25) is 0 Å². The average molecular weight is 382 g/mol. The lowest BCUT2D eigenvalue weighted by Gasteiger charge is -2.33. The van der Waals surface area contributed by atoms with E-state index >= 15 is 0 Å². The molecule has 2 amide bonds. The van der Waals surface area contributed by atoms with Crippen molar-refractivity contribution >= 4 is 28.6 Å². The molecule has 148 valence electrons. The minimum atomic E-state index is -0.581. The molecule has 1 saturated heterocycles. The lowest BCUT2D eigenvalue weighted by Crippen LogP contribution is -2.44. The van der Waals surface area contributed by atoms with Crippen LogP contribution in [0.25, 0.3) is 10.8 Å². The molecule has 2 aromatic carbocycles. The Bertz CT molecular complexity index is 930. The monoisotopic (exact) mass is 382 g/mol. The molecular weight excluding hydrogens is 356 g/mol. The number of rotatable bonds is 3. The number of nitrogens with zero attached hydrogens (tertiary/aromatic N) is 1. The van der Waals surface area contributed by atoms with Gasteiger partial charge >= 0.3 is 6.09 Å². The Kier molecular flexibility index (Phi) is 5.40. The molecule has 6 heteroatoms. The number of hydrogen-bond donors (Lipinski definition) is 1. The van der Waals surface area contributed by atoms with E-state index in [2.05, 4.69) is 0 Å². The van der Waals surface area contributed by atoms with E-state index in [0.717, 1.165) is 17.2 Å². The molecule has 0 bridgehead atoms. The maximum Gasteiger partial charge on any atom is 0.410 e. The summed E-state index contributed by atoms with van der Waals surface area (Å²) < 4.78 is 5.43. The summed E-state index contributed by atoms with van der Waals surface area (Å²) in [6.07, 6.45) is 1.02. The fourth-order valence-corrected chi connectivity index (χ4v) is 3.58. The van der Waals surface area contributed by atoms with Crippen molar-refractivity contribution in [3.63, 3.8) is 0 Å². The van der Waals surface area contributed by atoms with Gasteiger partial charge in [0.15, 0.2) is 5.78 Å². The molecule has 6 nitrogen and oxygen atoms in total. The van der Waals surface area contributed by atoms with E-state index in [-0.39, 0.29) is 11.7 Å². The van der Waals surface area contributed by atoms with Crippen LogP contribution in [-0.2, 0) is 4.74 Å². The molecule has 0 aliphatic carbocycles. The van der Waals surface area contributed by atoms with Crippen LogP contribution >= 0.6 is 0 Å². The van der Waals surface area contributed by atoms with Gasteiger partial charge in [0.05, 0.1) is 0 Å². The number of hydrogen-bond acceptors (Lipinski definition) is 4. The Labute approximate surface area is 164 Å². The molecule has 1 aliphatic heterocycles. The van der Waals surface area contributed by atoms with Gasteiger partial charge < -0.3 is 15.4 Å². The number of carbonyl (C=O) groups is 3. The number of likely N-dealkylation sites (tertiary alicyclic amines) is 1. The Morgan fingerprint density at radius 3 is 2.54 bits per heavy atom. The average Bonchev–Trinajstić information content (AvgIpc) is 2.65. The fourth-order valence-electron chi connectivity index (χ4n) is 3.58. The van der Waals surface area contributed by atoms with Crippen molar-refractivity contribution in [2.45, 2.75) is 39.2 Å². The molecular formula is C22H26N2O4. The minimum Gasteiger partial charge on any atom is -0.444 e. The van der Waals surface area contributed by atoms with Gasteiger partial charge in [-0.15, -0.1) is 0 Å². The van der Waals surface area contributed by atoms with Crippen molar-refractivity contribution < 1.29 is 19.1 Å². The maximum atomic E-state index is 13.1. The van der Waals surface area contributed by atoms with Gasteiger partial charge in [0, 0.05) is 30.1 Å². The van der Waals surface area contributed by atoms with Crippen molar-refractivity contribution in [1.82, 2.24) is 4.90 Å². The number of Topliss-reactive ketones (excluding diaryl/α,β-unsaturated/α-hetero) is 1. The van der Waals surface area contributed by atoms with E-state index in [9.17, 15) is 14.4 Å². The van der Waals surface area contributed by atoms with Gasteiger partial charge in [0.25, 0.3) is 0 Å². The standard InChI is InChI=1S/C22H26N2O4/c1-22(2,3)28-21(27)24-10-6-8-15(13-24)19(25)16-11-14-7-4-5-9-17(14)18(12-16)20(23)26/h4-5,7,9,11-12,15H,6,8,10,13H2,1-3H3,(H2,23,26). The normalized spacial score (nSPS) is 17.4. The van der Waals surface area contributed by atoms with Crippen molar-refractivity contribution in [1.29, 1.82) is 0 Å². The Morgan fingerprint density at radius 2 is 1.86 bits per heavy atom. The molecule has 1 atom stereocenters.